The fourth-order valence-corrected chi connectivity index (χ4v) is 5.83. The number of sulfone groups is 1. The molecule has 0 spiro atoms. The van der Waals surface area contributed by atoms with Crippen molar-refractivity contribution in [3.8, 4) is 17.0 Å². The Morgan fingerprint density at radius 1 is 1.10 bits per heavy atom. The first-order valence-electron chi connectivity index (χ1n) is 9.83. The van der Waals surface area contributed by atoms with E-state index in [9.17, 15) is 13.2 Å². The second-order valence-corrected chi connectivity index (χ2v) is 9.84. The summed E-state index contributed by atoms with van der Waals surface area (Å²) in [7, 11) is -1.26. The van der Waals surface area contributed by atoms with Crippen LogP contribution in [-0.2, 0) is 16.5 Å². The molecule has 0 aliphatic carbocycles. The van der Waals surface area contributed by atoms with E-state index < -0.39 is 9.84 Å². The van der Waals surface area contributed by atoms with Gasteiger partial charge in [-0.3, -0.25) is 14.6 Å². The van der Waals surface area contributed by atoms with Crippen LogP contribution in [0.5, 0.6) is 5.75 Å². The van der Waals surface area contributed by atoms with E-state index in [1.165, 1.54) is 10.7 Å². The smallest absolute Gasteiger partial charge is 0.268 e. The molecular weight excluding hydrogens is 392 g/mol. The van der Waals surface area contributed by atoms with Gasteiger partial charge in [0.2, 0.25) is 0 Å². The number of aromatic nitrogens is 2. The van der Waals surface area contributed by atoms with Crippen LogP contribution in [0.2, 0.25) is 0 Å². The number of hydrogen-bond donors (Lipinski definition) is 0. The van der Waals surface area contributed by atoms with Gasteiger partial charge in [-0.15, -0.1) is 0 Å². The van der Waals surface area contributed by atoms with Gasteiger partial charge in [-0.05, 0) is 24.6 Å². The number of para-hydroxylation sites is 1. The van der Waals surface area contributed by atoms with Crippen LogP contribution in [-0.4, -0.2) is 78.8 Å². The zero-order chi connectivity index (χ0) is 20.4. The molecule has 0 amide bonds. The van der Waals surface area contributed by atoms with Crippen LogP contribution in [0.4, 0.5) is 0 Å². The topological polar surface area (TPSA) is 84.7 Å². The van der Waals surface area contributed by atoms with Gasteiger partial charge >= 0.3 is 0 Å². The van der Waals surface area contributed by atoms with Gasteiger partial charge in [0.05, 0.1) is 31.0 Å². The van der Waals surface area contributed by atoms with E-state index in [0.717, 1.165) is 38.2 Å². The maximum atomic E-state index is 12.3. The third-order valence-corrected chi connectivity index (χ3v) is 7.47. The fraction of sp³-hybridized carbons (Fsp3) is 0.500. The zero-order valence-electron chi connectivity index (χ0n) is 16.5. The monoisotopic (exact) mass is 418 g/mol. The fourth-order valence-electron chi connectivity index (χ4n) is 4.07. The van der Waals surface area contributed by atoms with E-state index in [1.807, 2.05) is 24.3 Å². The molecule has 2 fully saturated rings. The number of ether oxygens (including phenoxy) is 1. The summed E-state index contributed by atoms with van der Waals surface area (Å²) in [6, 6.07) is 11.0. The Kier molecular flexibility index (Phi) is 5.71. The van der Waals surface area contributed by atoms with Crippen LogP contribution in [0, 0.1) is 0 Å². The molecule has 0 bridgehead atoms. The third-order valence-electron chi connectivity index (χ3n) is 5.72. The third kappa shape index (κ3) is 4.52. The average molecular weight is 419 g/mol. The lowest BCUT2D eigenvalue weighted by Gasteiger charge is -2.37. The van der Waals surface area contributed by atoms with Gasteiger partial charge in [0.25, 0.3) is 5.56 Å². The summed E-state index contributed by atoms with van der Waals surface area (Å²) in [5, 5.41) is 4.55. The van der Waals surface area contributed by atoms with Gasteiger partial charge in [0.15, 0.2) is 9.84 Å². The van der Waals surface area contributed by atoms with Crippen molar-refractivity contribution < 1.29 is 13.2 Å². The van der Waals surface area contributed by atoms with Crippen LogP contribution >= 0.6 is 0 Å². The van der Waals surface area contributed by atoms with Crippen LogP contribution in [0.1, 0.15) is 6.42 Å². The summed E-state index contributed by atoms with van der Waals surface area (Å²) in [6.45, 7) is 3.59. The van der Waals surface area contributed by atoms with Crippen molar-refractivity contribution in [2.45, 2.75) is 19.1 Å². The highest BCUT2D eigenvalue weighted by atomic mass is 32.2. The Morgan fingerprint density at radius 3 is 2.55 bits per heavy atom. The molecule has 1 aromatic carbocycles. The Balaban J connectivity index is 1.43. The van der Waals surface area contributed by atoms with Gasteiger partial charge in [-0.2, -0.15) is 5.10 Å². The van der Waals surface area contributed by atoms with Gasteiger partial charge in [-0.1, -0.05) is 12.1 Å². The molecule has 2 aliphatic rings. The molecule has 0 N–H and O–H groups in total. The van der Waals surface area contributed by atoms with Crippen LogP contribution in [0.15, 0.2) is 41.2 Å². The summed E-state index contributed by atoms with van der Waals surface area (Å²) in [5.74, 6) is 1.28. The number of nitrogens with zero attached hydrogens (tertiary/aromatic N) is 4. The van der Waals surface area contributed by atoms with Gasteiger partial charge in [-0.25, -0.2) is 13.1 Å². The Morgan fingerprint density at radius 2 is 1.86 bits per heavy atom. The summed E-state index contributed by atoms with van der Waals surface area (Å²) >= 11 is 0. The van der Waals surface area contributed by atoms with Gasteiger partial charge in [0, 0.05) is 43.9 Å². The number of rotatable bonds is 5. The molecular formula is C20H26N4O4S. The second-order valence-electron chi connectivity index (χ2n) is 7.61. The molecule has 2 aromatic rings. The SMILES string of the molecule is COc1ccccc1-c1ccc(=O)n(CN2CCN([C@H]3CCS(=O)(=O)C3)CC2)n1. The number of hydrogen-bond acceptors (Lipinski definition) is 7. The van der Waals surface area contributed by atoms with Crippen molar-refractivity contribution in [2.24, 2.45) is 0 Å². The molecule has 0 unspecified atom stereocenters. The number of piperazine rings is 1. The predicted molar refractivity (Wildman–Crippen MR) is 111 cm³/mol. The van der Waals surface area contributed by atoms with E-state index in [-0.39, 0.29) is 17.4 Å². The molecule has 4 rings (SSSR count). The lowest BCUT2D eigenvalue weighted by Crippen LogP contribution is -2.51. The molecule has 1 aromatic heterocycles. The van der Waals surface area contributed by atoms with E-state index in [0.29, 0.717) is 23.9 Å². The molecule has 1 atom stereocenters. The van der Waals surface area contributed by atoms with Crippen molar-refractivity contribution in [1.82, 2.24) is 19.6 Å². The highest BCUT2D eigenvalue weighted by molar-refractivity contribution is 7.91. The molecule has 9 heteroatoms. The molecule has 156 valence electrons. The molecule has 2 saturated heterocycles. The van der Waals surface area contributed by atoms with E-state index in [4.69, 9.17) is 4.74 Å². The zero-order valence-corrected chi connectivity index (χ0v) is 17.3. The van der Waals surface area contributed by atoms with Crippen LogP contribution < -0.4 is 10.3 Å². The van der Waals surface area contributed by atoms with Crippen molar-refractivity contribution in [3.05, 3.63) is 46.8 Å². The van der Waals surface area contributed by atoms with Crippen molar-refractivity contribution in [3.63, 3.8) is 0 Å². The minimum atomic E-state index is -2.87. The van der Waals surface area contributed by atoms with Gasteiger partial charge in [0.1, 0.15) is 5.75 Å². The summed E-state index contributed by atoms with van der Waals surface area (Å²) in [4.78, 5) is 16.8. The largest absolute Gasteiger partial charge is 0.496 e. The van der Waals surface area contributed by atoms with Gasteiger partial charge < -0.3 is 4.74 Å². The first-order chi connectivity index (χ1) is 13.9. The van der Waals surface area contributed by atoms with Crippen molar-refractivity contribution in [1.29, 1.82) is 0 Å². The quantitative estimate of drug-likeness (QED) is 0.706. The minimum absolute atomic E-state index is 0.136. The second kappa shape index (κ2) is 8.25. The van der Waals surface area contributed by atoms with Crippen LogP contribution in [0.3, 0.4) is 0 Å². The summed E-state index contributed by atoms with van der Waals surface area (Å²) in [6.07, 6.45) is 0.726. The maximum absolute atomic E-state index is 12.3. The molecule has 29 heavy (non-hydrogen) atoms. The summed E-state index contributed by atoms with van der Waals surface area (Å²) < 4.78 is 30.4. The van der Waals surface area contributed by atoms with E-state index in [2.05, 4.69) is 14.9 Å². The first-order valence-corrected chi connectivity index (χ1v) is 11.7. The molecule has 0 radical (unpaired) electrons. The maximum Gasteiger partial charge on any atom is 0.268 e. The number of methoxy groups -OCH3 is 1. The van der Waals surface area contributed by atoms with E-state index >= 15 is 0 Å². The average Bonchev–Trinajstić information content (AvgIpc) is 3.10. The molecule has 8 nitrogen and oxygen atoms in total. The summed E-state index contributed by atoms with van der Waals surface area (Å²) in [5.41, 5.74) is 1.39. The normalized spacial score (nSPS) is 22.6. The molecule has 0 saturated carbocycles. The lowest BCUT2D eigenvalue weighted by atomic mass is 10.1. The number of benzene rings is 1. The molecule has 3 heterocycles. The Hall–Kier alpha value is -2.23. The Labute approximate surface area is 170 Å². The standard InChI is InChI=1S/C20H26N4O4S/c1-28-19-5-3-2-4-17(19)18-6-7-20(25)24(21-18)15-22-9-11-23(12-10-22)16-8-13-29(26,27)14-16/h2-7,16H,8-15H2,1H3/t16-/m0/s1. The van der Waals surface area contributed by atoms with Crippen molar-refractivity contribution in [2.75, 3.05) is 44.8 Å². The highest BCUT2D eigenvalue weighted by Crippen LogP contribution is 2.27. The predicted octanol–water partition coefficient (Wildman–Crippen LogP) is 0.681. The van der Waals surface area contributed by atoms with Crippen molar-refractivity contribution >= 4 is 9.84 Å². The molecule has 2 aliphatic heterocycles. The van der Waals surface area contributed by atoms with Crippen LogP contribution in [0.25, 0.3) is 11.3 Å². The first kappa shape index (κ1) is 20.1. The van der Waals surface area contributed by atoms with E-state index in [1.54, 1.807) is 13.2 Å². The lowest BCUT2D eigenvalue weighted by molar-refractivity contribution is 0.0800. The minimum Gasteiger partial charge on any atom is -0.496 e. The Bertz CT molecular complexity index is 1030. The highest BCUT2D eigenvalue weighted by Gasteiger charge is 2.33.